The van der Waals surface area contributed by atoms with Gasteiger partial charge in [0.2, 0.25) is 5.91 Å². The lowest BCUT2D eigenvalue weighted by Crippen LogP contribution is -2.36. The average molecular weight is 317 g/mol. The first kappa shape index (κ1) is 17.5. The summed E-state index contributed by atoms with van der Waals surface area (Å²) in [6.45, 7) is 3.80. The molecular weight excluding hydrogens is 290 g/mol. The minimum atomic E-state index is -0.824. The Morgan fingerprint density at radius 1 is 1.13 bits per heavy atom. The maximum absolute atomic E-state index is 12.2. The van der Waals surface area contributed by atoms with E-state index in [1.807, 2.05) is 6.07 Å². The maximum Gasteiger partial charge on any atom is 0.309 e. The smallest absolute Gasteiger partial charge is 0.309 e. The molecule has 1 aromatic carbocycles. The molecule has 0 unspecified atom stereocenters. The van der Waals surface area contributed by atoms with Crippen LogP contribution >= 0.6 is 0 Å². The monoisotopic (exact) mass is 317 g/mol. The molecule has 0 bridgehead atoms. The number of hydrogen-bond donors (Lipinski definition) is 2. The van der Waals surface area contributed by atoms with Gasteiger partial charge in [0.25, 0.3) is 0 Å². The van der Waals surface area contributed by atoms with E-state index in [0.29, 0.717) is 18.9 Å². The molecule has 0 atom stereocenters. The van der Waals surface area contributed by atoms with Crippen molar-refractivity contribution in [3.05, 3.63) is 35.9 Å². The highest BCUT2D eigenvalue weighted by atomic mass is 16.4. The van der Waals surface area contributed by atoms with Crippen molar-refractivity contribution in [2.75, 3.05) is 6.54 Å². The van der Waals surface area contributed by atoms with E-state index in [2.05, 4.69) is 29.6 Å². The van der Waals surface area contributed by atoms with E-state index >= 15 is 0 Å². The van der Waals surface area contributed by atoms with Gasteiger partial charge in [-0.1, -0.05) is 30.3 Å². The van der Waals surface area contributed by atoms with Gasteiger partial charge in [-0.25, -0.2) is 0 Å². The Hall–Kier alpha value is -1.84. The van der Waals surface area contributed by atoms with Crippen molar-refractivity contribution in [3.63, 3.8) is 0 Å². The average Bonchev–Trinajstić information content (AvgIpc) is 2.55. The van der Waals surface area contributed by atoms with E-state index in [1.54, 1.807) is 13.8 Å². The highest BCUT2D eigenvalue weighted by Crippen LogP contribution is 2.35. The fourth-order valence-corrected chi connectivity index (χ4v) is 3.16. The van der Waals surface area contributed by atoms with Crippen LogP contribution in [-0.2, 0) is 9.59 Å². The van der Waals surface area contributed by atoms with Gasteiger partial charge in [-0.05, 0) is 57.4 Å². The third-order valence-electron chi connectivity index (χ3n) is 5.00. The minimum Gasteiger partial charge on any atom is -0.481 e. The van der Waals surface area contributed by atoms with Gasteiger partial charge >= 0.3 is 5.97 Å². The Kier molecular flexibility index (Phi) is 5.80. The fourth-order valence-electron chi connectivity index (χ4n) is 3.16. The third kappa shape index (κ3) is 4.81. The number of nitrogens with one attached hydrogen (secondary N) is 1. The highest BCUT2D eigenvalue weighted by molar-refractivity contribution is 5.79. The van der Waals surface area contributed by atoms with Crippen LogP contribution in [0.4, 0.5) is 0 Å². The van der Waals surface area contributed by atoms with Crippen LogP contribution in [0.1, 0.15) is 57.4 Å². The van der Waals surface area contributed by atoms with Crippen molar-refractivity contribution in [2.45, 2.75) is 51.9 Å². The largest absolute Gasteiger partial charge is 0.481 e. The Balaban J connectivity index is 1.75. The molecule has 0 spiro atoms. The molecule has 126 valence electrons. The van der Waals surface area contributed by atoms with E-state index in [9.17, 15) is 9.59 Å². The van der Waals surface area contributed by atoms with Crippen molar-refractivity contribution >= 4 is 11.9 Å². The summed E-state index contributed by atoms with van der Waals surface area (Å²) in [6, 6.07) is 10.5. The molecule has 1 aliphatic rings. The summed E-state index contributed by atoms with van der Waals surface area (Å²) in [6.07, 6.45) is 4.36. The quantitative estimate of drug-likeness (QED) is 0.843. The summed E-state index contributed by atoms with van der Waals surface area (Å²) in [7, 11) is 0. The lowest BCUT2D eigenvalue weighted by Gasteiger charge is -2.28. The van der Waals surface area contributed by atoms with Crippen LogP contribution in [0.2, 0.25) is 0 Å². The molecular formula is C19H27NO3. The van der Waals surface area contributed by atoms with Gasteiger partial charge in [0.15, 0.2) is 0 Å². The number of rotatable bonds is 6. The topological polar surface area (TPSA) is 66.4 Å². The first-order valence-electron chi connectivity index (χ1n) is 8.46. The lowest BCUT2D eigenvalue weighted by atomic mass is 9.78. The minimum absolute atomic E-state index is 0.0721. The van der Waals surface area contributed by atoms with E-state index in [4.69, 9.17) is 5.11 Å². The van der Waals surface area contributed by atoms with Gasteiger partial charge in [-0.2, -0.15) is 0 Å². The molecule has 1 aliphatic carbocycles. The van der Waals surface area contributed by atoms with Gasteiger partial charge in [0, 0.05) is 12.5 Å². The van der Waals surface area contributed by atoms with Crippen LogP contribution in [0.25, 0.3) is 0 Å². The number of carboxylic acids is 1. The van der Waals surface area contributed by atoms with Gasteiger partial charge in [0.05, 0.1) is 5.41 Å². The number of hydrogen-bond acceptors (Lipinski definition) is 2. The van der Waals surface area contributed by atoms with Gasteiger partial charge in [-0.15, -0.1) is 0 Å². The molecule has 0 radical (unpaired) electrons. The third-order valence-corrected chi connectivity index (χ3v) is 5.00. The molecule has 0 aliphatic heterocycles. The number of amides is 1. The second-order valence-corrected chi connectivity index (χ2v) is 7.19. The molecule has 23 heavy (non-hydrogen) atoms. The first-order chi connectivity index (χ1) is 10.9. The molecule has 1 saturated carbocycles. The summed E-state index contributed by atoms with van der Waals surface area (Å²) in [5, 5.41) is 12.0. The summed E-state index contributed by atoms with van der Waals surface area (Å²) in [5.74, 6) is -0.109. The van der Waals surface area contributed by atoms with Gasteiger partial charge in [-0.3, -0.25) is 9.59 Å². The Labute approximate surface area is 138 Å². The normalized spacial score (nSPS) is 21.7. The van der Waals surface area contributed by atoms with Crippen LogP contribution in [0.5, 0.6) is 0 Å². The molecule has 2 rings (SSSR count). The Morgan fingerprint density at radius 2 is 1.74 bits per heavy atom. The number of benzene rings is 1. The Morgan fingerprint density at radius 3 is 2.30 bits per heavy atom. The van der Waals surface area contributed by atoms with Crippen molar-refractivity contribution in [3.8, 4) is 0 Å². The highest BCUT2D eigenvalue weighted by Gasteiger charge is 2.29. The van der Waals surface area contributed by atoms with Crippen LogP contribution in [-0.4, -0.2) is 23.5 Å². The number of aliphatic carboxylic acids is 1. The van der Waals surface area contributed by atoms with Crippen molar-refractivity contribution < 1.29 is 14.7 Å². The molecule has 0 heterocycles. The van der Waals surface area contributed by atoms with Crippen molar-refractivity contribution in [1.82, 2.24) is 5.32 Å². The summed E-state index contributed by atoms with van der Waals surface area (Å²) in [5.41, 5.74) is 0.577. The SMILES string of the molecule is CC(C)(CCNC(=O)C1CCC(c2ccccc2)CC1)C(=O)O. The first-order valence-corrected chi connectivity index (χ1v) is 8.46. The zero-order valence-corrected chi connectivity index (χ0v) is 14.0. The van der Waals surface area contributed by atoms with Gasteiger partial charge < -0.3 is 10.4 Å². The summed E-state index contributed by atoms with van der Waals surface area (Å²) in [4.78, 5) is 23.3. The number of carbonyl (C=O) groups is 2. The van der Waals surface area contributed by atoms with E-state index in [-0.39, 0.29) is 11.8 Å². The molecule has 0 aromatic heterocycles. The standard InChI is InChI=1S/C19H27NO3/c1-19(2,18(22)23)12-13-20-17(21)16-10-8-15(9-11-16)14-6-4-3-5-7-14/h3-7,15-16H,8-13H2,1-2H3,(H,20,21)(H,22,23). The number of carboxylic acid groups (broad SMARTS) is 1. The maximum atomic E-state index is 12.2. The second-order valence-electron chi connectivity index (χ2n) is 7.19. The number of carbonyl (C=O) groups excluding carboxylic acids is 1. The second kappa shape index (κ2) is 7.62. The molecule has 1 aromatic rings. The lowest BCUT2D eigenvalue weighted by molar-refractivity contribution is -0.147. The van der Waals surface area contributed by atoms with Crippen molar-refractivity contribution in [2.24, 2.45) is 11.3 Å². The van der Waals surface area contributed by atoms with E-state index < -0.39 is 11.4 Å². The van der Waals surface area contributed by atoms with Crippen LogP contribution in [0.3, 0.4) is 0 Å². The predicted molar refractivity (Wildman–Crippen MR) is 90.2 cm³/mol. The molecule has 4 heteroatoms. The fraction of sp³-hybridized carbons (Fsp3) is 0.579. The van der Waals surface area contributed by atoms with Crippen LogP contribution in [0, 0.1) is 11.3 Å². The predicted octanol–water partition coefficient (Wildman–Crippen LogP) is 3.58. The molecule has 1 fully saturated rings. The molecule has 1 amide bonds. The Bertz CT molecular complexity index is 531. The van der Waals surface area contributed by atoms with Gasteiger partial charge in [0.1, 0.15) is 0 Å². The van der Waals surface area contributed by atoms with E-state index in [1.165, 1.54) is 5.56 Å². The molecule has 2 N–H and O–H groups in total. The zero-order chi connectivity index (χ0) is 16.9. The van der Waals surface area contributed by atoms with E-state index in [0.717, 1.165) is 25.7 Å². The molecule has 4 nitrogen and oxygen atoms in total. The van der Waals surface area contributed by atoms with Crippen LogP contribution < -0.4 is 5.32 Å². The summed E-state index contributed by atoms with van der Waals surface area (Å²) < 4.78 is 0. The zero-order valence-electron chi connectivity index (χ0n) is 14.0. The summed E-state index contributed by atoms with van der Waals surface area (Å²) >= 11 is 0. The molecule has 0 saturated heterocycles. The van der Waals surface area contributed by atoms with Crippen LogP contribution in [0.15, 0.2) is 30.3 Å². The van der Waals surface area contributed by atoms with Crippen molar-refractivity contribution in [1.29, 1.82) is 0 Å².